The maximum absolute atomic E-state index is 12.2. The van der Waals surface area contributed by atoms with Crippen molar-refractivity contribution in [1.29, 1.82) is 0 Å². The number of nitrogens with one attached hydrogen (secondary N) is 2. The van der Waals surface area contributed by atoms with Crippen molar-refractivity contribution in [3.05, 3.63) is 18.5 Å². The number of rotatable bonds is 5. The molecule has 0 saturated carbocycles. The van der Waals surface area contributed by atoms with Gasteiger partial charge in [0.25, 0.3) is 0 Å². The number of nitrogens with zero attached hydrogens (tertiary/aromatic N) is 3. The number of aromatic nitrogens is 2. The van der Waals surface area contributed by atoms with Crippen LogP contribution in [0.4, 0.5) is 4.79 Å². The minimum Gasteiger partial charge on any atom is -0.334 e. The van der Waals surface area contributed by atoms with Crippen LogP contribution in [0.5, 0.6) is 0 Å². The Labute approximate surface area is 130 Å². The first-order chi connectivity index (χ1) is 10.3. The van der Waals surface area contributed by atoms with Crippen molar-refractivity contribution in [2.75, 3.05) is 19.3 Å². The number of hydrogen-bond acceptors (Lipinski definition) is 4. The summed E-state index contributed by atoms with van der Waals surface area (Å²) in [5, 5.41) is 7.05. The first-order valence-electron chi connectivity index (χ1n) is 7.33. The monoisotopic (exact) mass is 329 g/mol. The van der Waals surface area contributed by atoms with Crippen molar-refractivity contribution < 1.29 is 13.2 Å². The van der Waals surface area contributed by atoms with Crippen molar-refractivity contribution in [3.8, 4) is 0 Å². The lowest BCUT2D eigenvalue weighted by Crippen LogP contribution is -2.51. The van der Waals surface area contributed by atoms with E-state index in [1.54, 1.807) is 15.8 Å². The van der Waals surface area contributed by atoms with Gasteiger partial charge in [0.2, 0.25) is 10.0 Å². The zero-order chi connectivity index (χ0) is 16.2. The number of hydrogen-bond donors (Lipinski definition) is 2. The number of carbonyl (C=O) groups is 1. The van der Waals surface area contributed by atoms with Crippen molar-refractivity contribution in [2.24, 2.45) is 0 Å². The lowest BCUT2D eigenvalue weighted by molar-refractivity contribution is 0.175. The van der Waals surface area contributed by atoms with E-state index in [1.165, 1.54) is 0 Å². The van der Waals surface area contributed by atoms with Gasteiger partial charge < -0.3 is 10.2 Å². The average molecular weight is 329 g/mol. The van der Waals surface area contributed by atoms with E-state index in [9.17, 15) is 13.2 Å². The molecule has 22 heavy (non-hydrogen) atoms. The molecule has 1 aliphatic rings. The molecule has 0 aromatic carbocycles. The molecule has 2 N–H and O–H groups in total. The molecule has 1 atom stereocenters. The fourth-order valence-corrected chi connectivity index (χ4v) is 3.38. The molecule has 124 valence electrons. The molecule has 1 fully saturated rings. The zero-order valence-electron chi connectivity index (χ0n) is 12.9. The Balaban J connectivity index is 1.75. The van der Waals surface area contributed by atoms with E-state index in [0.29, 0.717) is 32.5 Å². The molecule has 2 rings (SSSR count). The zero-order valence-corrected chi connectivity index (χ0v) is 13.7. The van der Waals surface area contributed by atoms with Crippen LogP contribution in [-0.4, -0.2) is 60.6 Å². The molecular formula is C13H23N5O3S. The SMILES string of the molecule is C[C@H](Cn1cccn1)NC(=O)N1CCC(NS(C)(=O)=O)CC1. The quantitative estimate of drug-likeness (QED) is 0.794. The number of sulfonamides is 1. The smallest absolute Gasteiger partial charge is 0.317 e. The Bertz CT molecular complexity index is 579. The molecule has 1 aliphatic heterocycles. The summed E-state index contributed by atoms with van der Waals surface area (Å²) in [7, 11) is -3.19. The van der Waals surface area contributed by atoms with Gasteiger partial charge in [-0.25, -0.2) is 17.9 Å². The highest BCUT2D eigenvalue weighted by Gasteiger charge is 2.25. The predicted octanol–water partition coefficient (Wildman–Crippen LogP) is -0.00520. The summed E-state index contributed by atoms with van der Waals surface area (Å²) in [4.78, 5) is 13.9. The third-order valence-corrected chi connectivity index (χ3v) is 4.31. The molecule has 1 saturated heterocycles. The van der Waals surface area contributed by atoms with Gasteiger partial charge in [0.15, 0.2) is 0 Å². The molecule has 1 aromatic rings. The maximum Gasteiger partial charge on any atom is 0.317 e. The van der Waals surface area contributed by atoms with Gasteiger partial charge >= 0.3 is 6.03 Å². The van der Waals surface area contributed by atoms with Gasteiger partial charge in [0.1, 0.15) is 0 Å². The second-order valence-electron chi connectivity index (χ2n) is 5.73. The summed E-state index contributed by atoms with van der Waals surface area (Å²) in [5.74, 6) is 0. The van der Waals surface area contributed by atoms with Crippen molar-refractivity contribution in [1.82, 2.24) is 24.7 Å². The molecule has 9 heteroatoms. The normalized spacial score (nSPS) is 18.2. The standard InChI is InChI=1S/C13H23N5O3S/c1-11(10-18-7-3-6-14-18)15-13(19)17-8-4-12(5-9-17)16-22(2,20)21/h3,6-7,11-12,16H,4-5,8-10H2,1-2H3,(H,15,19)/t11-/m1/s1. The summed E-state index contributed by atoms with van der Waals surface area (Å²) in [6.45, 7) is 3.64. The number of carbonyl (C=O) groups excluding carboxylic acids is 1. The molecule has 8 nitrogen and oxygen atoms in total. The van der Waals surface area contributed by atoms with E-state index in [2.05, 4.69) is 15.1 Å². The third kappa shape index (κ3) is 5.30. The summed E-state index contributed by atoms with van der Waals surface area (Å²) < 4.78 is 26.8. The van der Waals surface area contributed by atoms with Crippen LogP contribution in [0.3, 0.4) is 0 Å². The lowest BCUT2D eigenvalue weighted by Gasteiger charge is -2.32. The Hall–Kier alpha value is -1.61. The Morgan fingerprint density at radius 2 is 2.09 bits per heavy atom. The lowest BCUT2D eigenvalue weighted by atomic mass is 10.1. The second-order valence-corrected chi connectivity index (χ2v) is 7.51. The number of urea groups is 1. The van der Waals surface area contributed by atoms with Crippen LogP contribution < -0.4 is 10.0 Å². The van der Waals surface area contributed by atoms with Gasteiger partial charge in [0, 0.05) is 37.6 Å². The minimum absolute atomic E-state index is 0.0285. The first kappa shape index (κ1) is 16.8. The highest BCUT2D eigenvalue weighted by atomic mass is 32.2. The van der Waals surface area contributed by atoms with Gasteiger partial charge in [0.05, 0.1) is 12.8 Å². The van der Waals surface area contributed by atoms with Crippen LogP contribution in [0.25, 0.3) is 0 Å². The Morgan fingerprint density at radius 3 is 2.64 bits per heavy atom. The number of likely N-dealkylation sites (tertiary alicyclic amines) is 1. The van der Waals surface area contributed by atoms with E-state index in [-0.39, 0.29) is 18.1 Å². The van der Waals surface area contributed by atoms with E-state index in [4.69, 9.17) is 0 Å². The Kier molecular flexibility index (Phi) is 5.41. The van der Waals surface area contributed by atoms with Crippen LogP contribution in [-0.2, 0) is 16.6 Å². The third-order valence-electron chi connectivity index (χ3n) is 3.55. The molecule has 1 aromatic heterocycles. The maximum atomic E-state index is 12.2. The highest BCUT2D eigenvalue weighted by molar-refractivity contribution is 7.88. The fourth-order valence-electron chi connectivity index (χ4n) is 2.54. The highest BCUT2D eigenvalue weighted by Crippen LogP contribution is 2.11. The molecule has 2 heterocycles. The van der Waals surface area contributed by atoms with Crippen LogP contribution in [0.15, 0.2) is 18.5 Å². The number of amides is 2. The molecule has 0 bridgehead atoms. The van der Waals surface area contributed by atoms with Crippen molar-refractivity contribution >= 4 is 16.1 Å². The van der Waals surface area contributed by atoms with Crippen molar-refractivity contribution in [3.63, 3.8) is 0 Å². The second kappa shape index (κ2) is 7.10. The molecule has 0 spiro atoms. The average Bonchev–Trinajstić information content (AvgIpc) is 2.90. The van der Waals surface area contributed by atoms with E-state index in [1.807, 2.05) is 19.2 Å². The fraction of sp³-hybridized carbons (Fsp3) is 0.692. The van der Waals surface area contributed by atoms with E-state index >= 15 is 0 Å². The van der Waals surface area contributed by atoms with Gasteiger partial charge in [-0.05, 0) is 25.8 Å². The molecule has 0 aliphatic carbocycles. The van der Waals surface area contributed by atoms with Crippen LogP contribution in [0.2, 0.25) is 0 Å². The summed E-state index contributed by atoms with van der Waals surface area (Å²) in [6, 6.07) is 1.62. The number of piperidine rings is 1. The van der Waals surface area contributed by atoms with Gasteiger partial charge in [-0.2, -0.15) is 5.10 Å². The topological polar surface area (TPSA) is 96.3 Å². The van der Waals surface area contributed by atoms with Gasteiger partial charge in [-0.3, -0.25) is 4.68 Å². The Morgan fingerprint density at radius 1 is 1.41 bits per heavy atom. The minimum atomic E-state index is -3.19. The first-order valence-corrected chi connectivity index (χ1v) is 9.23. The van der Waals surface area contributed by atoms with Crippen LogP contribution in [0, 0.1) is 0 Å². The van der Waals surface area contributed by atoms with Crippen LogP contribution in [0.1, 0.15) is 19.8 Å². The molecule has 0 radical (unpaired) electrons. The summed E-state index contributed by atoms with van der Waals surface area (Å²) in [5.41, 5.74) is 0. The van der Waals surface area contributed by atoms with E-state index in [0.717, 1.165) is 6.26 Å². The molecule has 2 amide bonds. The molecular weight excluding hydrogens is 306 g/mol. The summed E-state index contributed by atoms with van der Waals surface area (Å²) in [6.07, 6.45) is 5.98. The van der Waals surface area contributed by atoms with Gasteiger partial charge in [-0.1, -0.05) is 0 Å². The predicted molar refractivity (Wildman–Crippen MR) is 82.8 cm³/mol. The van der Waals surface area contributed by atoms with Crippen molar-refractivity contribution in [2.45, 2.75) is 38.4 Å². The molecule has 0 unspecified atom stereocenters. The van der Waals surface area contributed by atoms with Crippen LogP contribution >= 0.6 is 0 Å². The summed E-state index contributed by atoms with van der Waals surface area (Å²) >= 11 is 0. The van der Waals surface area contributed by atoms with Gasteiger partial charge in [-0.15, -0.1) is 0 Å². The largest absolute Gasteiger partial charge is 0.334 e. The van der Waals surface area contributed by atoms with E-state index < -0.39 is 10.0 Å².